The van der Waals surface area contributed by atoms with Crippen LogP contribution in [0.25, 0.3) is 0 Å². The average Bonchev–Trinajstić information content (AvgIpc) is 2.62. The molecule has 2 aromatic carbocycles. The van der Waals surface area contributed by atoms with E-state index >= 15 is 0 Å². The smallest absolute Gasteiger partial charge is 0.0635 e. The summed E-state index contributed by atoms with van der Waals surface area (Å²) in [4.78, 5) is 0. The fourth-order valence-corrected chi connectivity index (χ4v) is 4.26. The first-order chi connectivity index (χ1) is 12.0. The first kappa shape index (κ1) is 18.2. The lowest BCUT2D eigenvalue weighted by atomic mass is 9.67. The molecule has 1 aliphatic heterocycles. The van der Waals surface area contributed by atoms with Crippen molar-refractivity contribution in [2.24, 2.45) is 0 Å². The van der Waals surface area contributed by atoms with Crippen LogP contribution in [0.1, 0.15) is 57.2 Å². The van der Waals surface area contributed by atoms with Crippen LogP contribution < -0.4 is 5.32 Å². The summed E-state index contributed by atoms with van der Waals surface area (Å²) in [6, 6.07) is 22.1. The SMILES string of the molecule is C[C@H](NCC[C@@]1(c2ccccc2)CCOC(C)(C)C1)c1ccccc1. The fourth-order valence-electron chi connectivity index (χ4n) is 4.26. The maximum Gasteiger partial charge on any atom is 0.0635 e. The first-order valence-electron chi connectivity index (χ1n) is 9.49. The third-order valence-corrected chi connectivity index (χ3v) is 5.58. The number of ether oxygens (including phenoxy) is 1. The predicted octanol–water partition coefficient (Wildman–Crippen LogP) is 5.25. The second kappa shape index (κ2) is 7.72. The monoisotopic (exact) mass is 337 g/mol. The second-order valence-corrected chi connectivity index (χ2v) is 8.02. The van der Waals surface area contributed by atoms with E-state index in [4.69, 9.17) is 4.74 Å². The quantitative estimate of drug-likeness (QED) is 0.777. The maximum absolute atomic E-state index is 6.02. The number of nitrogens with one attached hydrogen (secondary N) is 1. The number of rotatable bonds is 6. The van der Waals surface area contributed by atoms with E-state index in [0.717, 1.165) is 32.4 Å². The highest BCUT2D eigenvalue weighted by Crippen LogP contribution is 2.43. The van der Waals surface area contributed by atoms with E-state index in [1.54, 1.807) is 0 Å². The topological polar surface area (TPSA) is 21.3 Å². The minimum absolute atomic E-state index is 0.0564. The highest BCUT2D eigenvalue weighted by Gasteiger charge is 2.41. The van der Waals surface area contributed by atoms with Gasteiger partial charge in [-0.05, 0) is 57.7 Å². The van der Waals surface area contributed by atoms with Crippen LogP contribution in [-0.4, -0.2) is 18.8 Å². The molecule has 0 saturated carbocycles. The van der Waals surface area contributed by atoms with Crippen LogP contribution in [0.2, 0.25) is 0 Å². The van der Waals surface area contributed by atoms with Gasteiger partial charge in [0.25, 0.3) is 0 Å². The second-order valence-electron chi connectivity index (χ2n) is 8.02. The lowest BCUT2D eigenvalue weighted by molar-refractivity contribution is -0.0840. The molecule has 1 aliphatic rings. The molecule has 0 aromatic heterocycles. The zero-order valence-electron chi connectivity index (χ0n) is 15.8. The van der Waals surface area contributed by atoms with Gasteiger partial charge in [0.05, 0.1) is 5.60 Å². The van der Waals surface area contributed by atoms with E-state index in [0.29, 0.717) is 6.04 Å². The van der Waals surface area contributed by atoms with Crippen molar-refractivity contribution in [2.75, 3.05) is 13.2 Å². The summed E-state index contributed by atoms with van der Waals surface area (Å²) in [6.07, 6.45) is 3.31. The Morgan fingerprint density at radius 3 is 2.28 bits per heavy atom. The lowest BCUT2D eigenvalue weighted by Gasteiger charge is -2.45. The van der Waals surface area contributed by atoms with E-state index < -0.39 is 0 Å². The van der Waals surface area contributed by atoms with Gasteiger partial charge in [-0.25, -0.2) is 0 Å². The van der Waals surface area contributed by atoms with E-state index in [-0.39, 0.29) is 11.0 Å². The molecule has 1 N–H and O–H groups in total. The van der Waals surface area contributed by atoms with Crippen LogP contribution in [0.3, 0.4) is 0 Å². The summed E-state index contributed by atoms with van der Waals surface area (Å²) < 4.78 is 6.02. The summed E-state index contributed by atoms with van der Waals surface area (Å²) in [7, 11) is 0. The number of hydrogen-bond donors (Lipinski definition) is 1. The Kier molecular flexibility index (Phi) is 5.61. The molecule has 0 bridgehead atoms. The highest BCUT2D eigenvalue weighted by atomic mass is 16.5. The number of hydrogen-bond acceptors (Lipinski definition) is 2. The molecule has 0 unspecified atom stereocenters. The van der Waals surface area contributed by atoms with Crippen molar-refractivity contribution in [3.63, 3.8) is 0 Å². The van der Waals surface area contributed by atoms with Gasteiger partial charge in [0.15, 0.2) is 0 Å². The van der Waals surface area contributed by atoms with Crippen molar-refractivity contribution in [3.8, 4) is 0 Å². The van der Waals surface area contributed by atoms with Gasteiger partial charge < -0.3 is 10.1 Å². The van der Waals surface area contributed by atoms with Crippen molar-refractivity contribution in [2.45, 2.75) is 57.1 Å². The van der Waals surface area contributed by atoms with Gasteiger partial charge in [-0.2, -0.15) is 0 Å². The molecule has 25 heavy (non-hydrogen) atoms. The number of benzene rings is 2. The van der Waals surface area contributed by atoms with Crippen molar-refractivity contribution in [1.29, 1.82) is 0 Å². The van der Waals surface area contributed by atoms with Crippen LogP contribution in [0.4, 0.5) is 0 Å². The minimum atomic E-state index is -0.0564. The summed E-state index contributed by atoms with van der Waals surface area (Å²) >= 11 is 0. The van der Waals surface area contributed by atoms with Gasteiger partial charge in [0.2, 0.25) is 0 Å². The van der Waals surface area contributed by atoms with Gasteiger partial charge in [0.1, 0.15) is 0 Å². The standard InChI is InChI=1S/C23H31NO/c1-19(20-10-6-4-7-11-20)24-16-14-23(21-12-8-5-9-13-21)15-17-25-22(2,3)18-23/h4-13,19,24H,14-18H2,1-3H3/t19-,23+/m0/s1. The van der Waals surface area contributed by atoms with Crippen molar-refractivity contribution >= 4 is 0 Å². The Balaban J connectivity index is 1.71. The van der Waals surface area contributed by atoms with Crippen LogP contribution >= 0.6 is 0 Å². The molecule has 2 nitrogen and oxygen atoms in total. The normalized spacial score (nSPS) is 24.0. The maximum atomic E-state index is 6.02. The van der Waals surface area contributed by atoms with Gasteiger partial charge in [-0.1, -0.05) is 60.7 Å². The van der Waals surface area contributed by atoms with Gasteiger partial charge >= 0.3 is 0 Å². The van der Waals surface area contributed by atoms with Crippen molar-refractivity contribution in [3.05, 3.63) is 71.8 Å². The average molecular weight is 338 g/mol. The molecular formula is C23H31NO. The fraction of sp³-hybridized carbons (Fsp3) is 0.478. The van der Waals surface area contributed by atoms with E-state index in [1.807, 2.05) is 0 Å². The molecule has 2 atom stereocenters. The minimum Gasteiger partial charge on any atom is -0.376 e. The zero-order valence-corrected chi connectivity index (χ0v) is 15.8. The Hall–Kier alpha value is -1.64. The molecule has 0 amide bonds. The van der Waals surface area contributed by atoms with Crippen LogP contribution in [0.5, 0.6) is 0 Å². The third-order valence-electron chi connectivity index (χ3n) is 5.58. The molecule has 134 valence electrons. The van der Waals surface area contributed by atoms with Crippen molar-refractivity contribution in [1.82, 2.24) is 5.32 Å². The third kappa shape index (κ3) is 4.50. The molecule has 1 saturated heterocycles. The molecule has 2 heteroatoms. The molecular weight excluding hydrogens is 306 g/mol. The molecule has 3 rings (SSSR count). The Labute approximate surface area is 152 Å². The van der Waals surface area contributed by atoms with Gasteiger partial charge in [-0.3, -0.25) is 0 Å². The highest BCUT2D eigenvalue weighted by molar-refractivity contribution is 5.27. The van der Waals surface area contributed by atoms with Crippen LogP contribution in [0, 0.1) is 0 Å². The predicted molar refractivity (Wildman–Crippen MR) is 105 cm³/mol. The van der Waals surface area contributed by atoms with Crippen molar-refractivity contribution < 1.29 is 4.74 Å². The van der Waals surface area contributed by atoms with E-state index in [9.17, 15) is 0 Å². The summed E-state index contributed by atoms with van der Waals surface area (Å²) in [6.45, 7) is 8.56. The molecule has 0 radical (unpaired) electrons. The van der Waals surface area contributed by atoms with Crippen LogP contribution in [-0.2, 0) is 10.2 Å². The van der Waals surface area contributed by atoms with Gasteiger partial charge in [-0.15, -0.1) is 0 Å². The molecule has 2 aromatic rings. The Bertz CT molecular complexity index is 652. The van der Waals surface area contributed by atoms with E-state index in [1.165, 1.54) is 11.1 Å². The molecule has 0 spiro atoms. The largest absolute Gasteiger partial charge is 0.376 e. The first-order valence-corrected chi connectivity index (χ1v) is 9.49. The summed E-state index contributed by atoms with van der Waals surface area (Å²) in [5.74, 6) is 0. The zero-order chi connectivity index (χ0) is 17.8. The lowest BCUT2D eigenvalue weighted by Crippen LogP contribution is -2.45. The summed E-state index contributed by atoms with van der Waals surface area (Å²) in [5.41, 5.74) is 2.95. The van der Waals surface area contributed by atoms with Crippen LogP contribution in [0.15, 0.2) is 60.7 Å². The molecule has 1 heterocycles. The van der Waals surface area contributed by atoms with E-state index in [2.05, 4.69) is 86.8 Å². The Morgan fingerprint density at radius 1 is 1.00 bits per heavy atom. The van der Waals surface area contributed by atoms with Gasteiger partial charge in [0, 0.05) is 18.1 Å². The molecule has 0 aliphatic carbocycles. The summed E-state index contributed by atoms with van der Waals surface area (Å²) in [5, 5.41) is 3.73. The molecule has 1 fully saturated rings. The Morgan fingerprint density at radius 2 is 1.64 bits per heavy atom.